The minimum atomic E-state index is -0.449. The number of carbonyl (C=O) groups excluding carboxylic acids is 1. The molecule has 0 bridgehead atoms. The summed E-state index contributed by atoms with van der Waals surface area (Å²) in [6.07, 6.45) is 1.54. The smallest absolute Gasteiger partial charge is 0.410 e. The molecule has 0 unspecified atom stereocenters. The van der Waals surface area contributed by atoms with Gasteiger partial charge in [-0.1, -0.05) is 0 Å². The highest BCUT2D eigenvalue weighted by molar-refractivity contribution is 5.68. The van der Waals surface area contributed by atoms with E-state index < -0.39 is 5.60 Å². The fraction of sp³-hybridized carbons (Fsp3) is 0.600. The van der Waals surface area contributed by atoms with Crippen LogP contribution in [0.25, 0.3) is 0 Å². The quantitative estimate of drug-likeness (QED) is 0.896. The molecule has 1 amide bonds. The summed E-state index contributed by atoms with van der Waals surface area (Å²) in [5.74, 6) is 0. The summed E-state index contributed by atoms with van der Waals surface area (Å²) in [4.78, 5) is 20.2. The maximum Gasteiger partial charge on any atom is 0.410 e. The van der Waals surface area contributed by atoms with E-state index in [-0.39, 0.29) is 6.09 Å². The maximum absolute atomic E-state index is 12.0. The average Bonchev–Trinajstić information content (AvgIpc) is 2.46. The van der Waals surface area contributed by atoms with Crippen LogP contribution in [0.15, 0.2) is 18.3 Å². The zero-order valence-electron chi connectivity index (χ0n) is 13.0. The van der Waals surface area contributed by atoms with Gasteiger partial charge < -0.3 is 20.3 Å². The average molecular weight is 292 g/mol. The molecule has 0 radical (unpaired) electrons. The molecular weight excluding hydrogens is 268 g/mol. The van der Waals surface area contributed by atoms with E-state index in [4.69, 9.17) is 10.5 Å². The molecule has 0 aromatic carbocycles. The van der Waals surface area contributed by atoms with Gasteiger partial charge in [-0.3, -0.25) is 4.98 Å². The van der Waals surface area contributed by atoms with Gasteiger partial charge in [-0.25, -0.2) is 4.79 Å². The molecule has 116 valence electrons. The van der Waals surface area contributed by atoms with Crippen molar-refractivity contribution in [2.75, 3.05) is 31.1 Å². The fourth-order valence-electron chi connectivity index (χ4n) is 2.25. The molecule has 1 aromatic heterocycles. The molecule has 6 nitrogen and oxygen atoms in total. The van der Waals surface area contributed by atoms with Gasteiger partial charge in [0.1, 0.15) is 5.60 Å². The molecule has 0 saturated carbocycles. The molecule has 2 N–H and O–H groups in total. The van der Waals surface area contributed by atoms with Gasteiger partial charge in [-0.15, -0.1) is 0 Å². The summed E-state index contributed by atoms with van der Waals surface area (Å²) in [7, 11) is 0. The zero-order chi connectivity index (χ0) is 15.5. The Morgan fingerprint density at radius 1 is 1.33 bits per heavy atom. The third kappa shape index (κ3) is 4.32. The monoisotopic (exact) mass is 292 g/mol. The number of pyridine rings is 1. The van der Waals surface area contributed by atoms with Gasteiger partial charge in [0.15, 0.2) is 0 Å². The molecule has 1 aromatic rings. The Morgan fingerprint density at radius 3 is 2.57 bits per heavy atom. The summed E-state index contributed by atoms with van der Waals surface area (Å²) in [5.41, 5.74) is 7.15. The molecule has 0 spiro atoms. The van der Waals surface area contributed by atoms with Crippen molar-refractivity contribution in [3.8, 4) is 0 Å². The van der Waals surface area contributed by atoms with Crippen molar-refractivity contribution >= 4 is 11.8 Å². The van der Waals surface area contributed by atoms with Crippen LogP contribution in [0.5, 0.6) is 0 Å². The summed E-state index contributed by atoms with van der Waals surface area (Å²) in [6, 6.07) is 3.98. The molecule has 0 aliphatic carbocycles. The van der Waals surface area contributed by atoms with Crippen LogP contribution in [0.2, 0.25) is 0 Å². The first kappa shape index (κ1) is 15.6. The minimum Gasteiger partial charge on any atom is -0.444 e. The van der Waals surface area contributed by atoms with E-state index in [2.05, 4.69) is 9.88 Å². The number of hydrogen-bond acceptors (Lipinski definition) is 5. The second-order valence-corrected chi connectivity index (χ2v) is 6.16. The van der Waals surface area contributed by atoms with Gasteiger partial charge in [-0.05, 0) is 32.9 Å². The van der Waals surface area contributed by atoms with Gasteiger partial charge in [0.2, 0.25) is 0 Å². The lowest BCUT2D eigenvalue weighted by molar-refractivity contribution is 0.0240. The zero-order valence-corrected chi connectivity index (χ0v) is 13.0. The van der Waals surface area contributed by atoms with Crippen molar-refractivity contribution in [1.82, 2.24) is 9.88 Å². The Morgan fingerprint density at radius 2 is 2.00 bits per heavy atom. The predicted molar refractivity (Wildman–Crippen MR) is 82.1 cm³/mol. The number of nitrogens with zero attached hydrogens (tertiary/aromatic N) is 3. The van der Waals surface area contributed by atoms with Crippen molar-refractivity contribution in [3.63, 3.8) is 0 Å². The standard InChI is InChI=1S/C15H24N4O2/c1-15(2,3)21-14(20)19-8-6-18(7-9-19)13-4-5-17-12(10-13)11-16/h4-5,10H,6-9,11,16H2,1-3H3. The minimum absolute atomic E-state index is 0.237. The first-order valence-corrected chi connectivity index (χ1v) is 7.27. The van der Waals surface area contributed by atoms with E-state index in [1.807, 2.05) is 32.9 Å². The Bertz CT molecular complexity index is 491. The van der Waals surface area contributed by atoms with E-state index in [0.29, 0.717) is 19.6 Å². The van der Waals surface area contributed by atoms with Crippen LogP contribution in [0.1, 0.15) is 26.5 Å². The largest absolute Gasteiger partial charge is 0.444 e. The number of amides is 1. The van der Waals surface area contributed by atoms with Crippen LogP contribution in [0.3, 0.4) is 0 Å². The van der Waals surface area contributed by atoms with E-state index in [1.165, 1.54) is 0 Å². The van der Waals surface area contributed by atoms with Crippen LogP contribution < -0.4 is 10.6 Å². The van der Waals surface area contributed by atoms with E-state index in [1.54, 1.807) is 11.1 Å². The lowest BCUT2D eigenvalue weighted by Gasteiger charge is -2.36. The number of ether oxygens (including phenoxy) is 1. The highest BCUT2D eigenvalue weighted by Gasteiger charge is 2.25. The van der Waals surface area contributed by atoms with Crippen molar-refractivity contribution in [2.45, 2.75) is 32.9 Å². The predicted octanol–water partition coefficient (Wildman–Crippen LogP) is 1.60. The summed E-state index contributed by atoms with van der Waals surface area (Å²) in [6.45, 7) is 8.97. The van der Waals surface area contributed by atoms with Gasteiger partial charge in [0, 0.05) is 44.6 Å². The third-order valence-corrected chi connectivity index (χ3v) is 3.31. The van der Waals surface area contributed by atoms with Crippen LogP contribution in [-0.2, 0) is 11.3 Å². The molecule has 21 heavy (non-hydrogen) atoms. The topological polar surface area (TPSA) is 71.7 Å². The second kappa shape index (κ2) is 6.30. The van der Waals surface area contributed by atoms with Crippen molar-refractivity contribution in [3.05, 3.63) is 24.0 Å². The molecule has 2 rings (SSSR count). The normalized spacial score (nSPS) is 16.0. The number of anilines is 1. The van der Waals surface area contributed by atoms with Gasteiger partial charge in [-0.2, -0.15) is 0 Å². The first-order chi connectivity index (χ1) is 9.89. The van der Waals surface area contributed by atoms with Crippen LogP contribution in [0, 0.1) is 0 Å². The molecule has 6 heteroatoms. The number of carbonyl (C=O) groups is 1. The van der Waals surface area contributed by atoms with E-state index in [9.17, 15) is 4.79 Å². The second-order valence-electron chi connectivity index (χ2n) is 6.16. The van der Waals surface area contributed by atoms with Gasteiger partial charge in [0.25, 0.3) is 0 Å². The maximum atomic E-state index is 12.0. The summed E-state index contributed by atoms with van der Waals surface area (Å²) < 4.78 is 5.40. The third-order valence-electron chi connectivity index (χ3n) is 3.31. The Kier molecular flexibility index (Phi) is 4.67. The van der Waals surface area contributed by atoms with Crippen LogP contribution in [0.4, 0.5) is 10.5 Å². The number of hydrogen-bond donors (Lipinski definition) is 1. The lowest BCUT2D eigenvalue weighted by atomic mass is 10.2. The van der Waals surface area contributed by atoms with Crippen molar-refractivity contribution < 1.29 is 9.53 Å². The van der Waals surface area contributed by atoms with Crippen LogP contribution in [-0.4, -0.2) is 47.8 Å². The molecule has 2 heterocycles. The van der Waals surface area contributed by atoms with E-state index in [0.717, 1.165) is 24.5 Å². The van der Waals surface area contributed by atoms with Gasteiger partial charge >= 0.3 is 6.09 Å². The highest BCUT2D eigenvalue weighted by Crippen LogP contribution is 2.18. The Hall–Kier alpha value is -1.82. The number of piperazine rings is 1. The SMILES string of the molecule is CC(C)(C)OC(=O)N1CCN(c2ccnc(CN)c2)CC1. The number of nitrogens with two attached hydrogens (primary N) is 1. The molecule has 0 atom stereocenters. The van der Waals surface area contributed by atoms with E-state index >= 15 is 0 Å². The van der Waals surface area contributed by atoms with Crippen LogP contribution >= 0.6 is 0 Å². The molecule has 1 aliphatic heterocycles. The van der Waals surface area contributed by atoms with Crippen molar-refractivity contribution in [2.24, 2.45) is 5.73 Å². The highest BCUT2D eigenvalue weighted by atomic mass is 16.6. The Balaban J connectivity index is 1.92. The fourth-order valence-corrected chi connectivity index (χ4v) is 2.25. The lowest BCUT2D eigenvalue weighted by Crippen LogP contribution is -2.50. The summed E-state index contributed by atoms with van der Waals surface area (Å²) >= 11 is 0. The number of aromatic nitrogens is 1. The number of rotatable bonds is 2. The molecular formula is C15H24N4O2. The first-order valence-electron chi connectivity index (χ1n) is 7.27. The molecule has 1 aliphatic rings. The molecule has 1 fully saturated rings. The van der Waals surface area contributed by atoms with Crippen molar-refractivity contribution in [1.29, 1.82) is 0 Å². The molecule has 1 saturated heterocycles. The van der Waals surface area contributed by atoms with Gasteiger partial charge in [0.05, 0.1) is 5.69 Å². The summed E-state index contributed by atoms with van der Waals surface area (Å²) in [5, 5.41) is 0. The Labute approximate surface area is 125 Å².